The fraction of sp³-hybridized carbons (Fsp3) is 0.810. The van der Waals surface area contributed by atoms with Crippen molar-refractivity contribution in [3.63, 3.8) is 0 Å². The minimum absolute atomic E-state index is 0. The van der Waals surface area contributed by atoms with Crippen molar-refractivity contribution in [2.45, 2.75) is 109 Å². The molecule has 170 valence electrons. The number of esters is 1. The standard InChI is InChI=1S/C21H38O7S.Na/c1-3-5-6-7-8-9-10-11-12-13-14-16-18(17-19(22)23)21(24)28-20(15-4-2)29(25,26)27;/h17,20H,3-16H2,1-2H3,(H,22,23)(H,25,26,27);/q;+1/p-1. The number of rotatable bonds is 18. The van der Waals surface area contributed by atoms with Gasteiger partial charge in [0.25, 0.3) is 0 Å². The van der Waals surface area contributed by atoms with E-state index in [0.717, 1.165) is 19.3 Å². The summed E-state index contributed by atoms with van der Waals surface area (Å²) in [5.41, 5.74) is -1.84. The Morgan fingerprint density at radius 3 is 1.77 bits per heavy atom. The van der Waals surface area contributed by atoms with Crippen molar-refractivity contribution in [2.24, 2.45) is 0 Å². The van der Waals surface area contributed by atoms with Gasteiger partial charge in [0, 0.05) is 12.0 Å². The molecule has 1 unspecified atom stereocenters. The van der Waals surface area contributed by atoms with Gasteiger partial charge in [-0.25, -0.2) is 4.79 Å². The predicted molar refractivity (Wildman–Crippen MR) is 111 cm³/mol. The van der Waals surface area contributed by atoms with E-state index in [2.05, 4.69) is 6.92 Å². The summed E-state index contributed by atoms with van der Waals surface area (Å²) in [6.07, 6.45) is 13.4. The monoisotopic (exact) mass is 456 g/mol. The molecule has 0 amide bonds. The van der Waals surface area contributed by atoms with Gasteiger partial charge in [-0.2, -0.15) is 8.42 Å². The van der Waals surface area contributed by atoms with Gasteiger partial charge in [0.2, 0.25) is 5.44 Å². The molecule has 9 heteroatoms. The van der Waals surface area contributed by atoms with Crippen LogP contribution in [0, 0.1) is 0 Å². The largest absolute Gasteiger partial charge is 1.00 e. The molecule has 0 saturated carbocycles. The molecule has 0 aromatic carbocycles. The Bertz CT molecular complexity index is 602. The third-order valence-corrected chi connectivity index (χ3v) is 5.70. The van der Waals surface area contributed by atoms with E-state index in [1.54, 1.807) is 6.92 Å². The van der Waals surface area contributed by atoms with Crippen molar-refractivity contribution in [3.8, 4) is 0 Å². The molecule has 0 saturated heterocycles. The molecule has 0 aromatic rings. The van der Waals surface area contributed by atoms with Crippen LogP contribution in [0.15, 0.2) is 11.6 Å². The van der Waals surface area contributed by atoms with E-state index < -0.39 is 27.5 Å². The Hall–Kier alpha value is -0.410. The molecule has 0 radical (unpaired) electrons. The number of unbranched alkanes of at least 4 members (excludes halogenated alkanes) is 10. The zero-order chi connectivity index (χ0) is 22.1. The number of aliphatic carboxylic acids is 1. The quantitative estimate of drug-likeness (QED) is 0.107. The van der Waals surface area contributed by atoms with Gasteiger partial charge in [-0.15, -0.1) is 0 Å². The Morgan fingerprint density at radius 2 is 1.37 bits per heavy atom. The van der Waals surface area contributed by atoms with Crippen LogP contribution in [0.4, 0.5) is 0 Å². The summed E-state index contributed by atoms with van der Waals surface area (Å²) in [6.45, 7) is 3.88. The van der Waals surface area contributed by atoms with Crippen LogP contribution in [0.2, 0.25) is 0 Å². The number of hydrogen-bond donors (Lipinski definition) is 1. The number of carboxylic acids is 1. The van der Waals surface area contributed by atoms with Gasteiger partial charge < -0.3 is 14.6 Å². The molecule has 0 aliphatic rings. The van der Waals surface area contributed by atoms with E-state index >= 15 is 0 Å². The minimum Gasteiger partial charge on any atom is -0.545 e. The zero-order valence-electron chi connectivity index (χ0n) is 18.9. The van der Waals surface area contributed by atoms with Gasteiger partial charge in [-0.1, -0.05) is 84.5 Å². The van der Waals surface area contributed by atoms with Gasteiger partial charge in [-0.3, -0.25) is 4.55 Å². The molecule has 0 heterocycles. The third-order valence-electron chi connectivity index (χ3n) is 4.70. The maximum atomic E-state index is 12.2. The van der Waals surface area contributed by atoms with Crippen LogP contribution in [0.3, 0.4) is 0 Å². The fourth-order valence-corrected chi connectivity index (χ4v) is 3.80. The van der Waals surface area contributed by atoms with Crippen molar-refractivity contribution < 1.29 is 62.0 Å². The second-order valence-corrected chi connectivity index (χ2v) is 8.97. The van der Waals surface area contributed by atoms with Crippen molar-refractivity contribution in [1.29, 1.82) is 0 Å². The molecule has 0 spiro atoms. The summed E-state index contributed by atoms with van der Waals surface area (Å²) in [7, 11) is -4.56. The molecule has 1 N–H and O–H groups in total. The van der Waals surface area contributed by atoms with Gasteiger partial charge >= 0.3 is 45.6 Å². The number of carbonyl (C=O) groups is 2. The summed E-state index contributed by atoms with van der Waals surface area (Å²) < 4.78 is 36.6. The second-order valence-electron chi connectivity index (χ2n) is 7.41. The molecule has 0 aliphatic heterocycles. The van der Waals surface area contributed by atoms with Gasteiger partial charge in [0.1, 0.15) is 0 Å². The molecule has 1 atom stereocenters. The van der Waals surface area contributed by atoms with Crippen molar-refractivity contribution in [2.75, 3.05) is 0 Å². The Labute approximate surface area is 204 Å². The Kier molecular flexibility index (Phi) is 20.4. The van der Waals surface area contributed by atoms with E-state index in [4.69, 9.17) is 9.29 Å². The third kappa shape index (κ3) is 17.3. The van der Waals surface area contributed by atoms with E-state index in [0.29, 0.717) is 18.9 Å². The molecular formula is C21H37NaO7S. The number of carbonyl (C=O) groups excluding carboxylic acids is 2. The SMILES string of the molecule is CCCCCCCCCCCCCC(=CC(=O)[O-])C(=O)OC(CCC)S(=O)(=O)O.[Na+]. The van der Waals surface area contributed by atoms with Gasteiger partial charge in [-0.05, 0) is 18.9 Å². The van der Waals surface area contributed by atoms with Crippen LogP contribution >= 0.6 is 0 Å². The number of ether oxygens (including phenoxy) is 1. The summed E-state index contributed by atoms with van der Waals surface area (Å²) in [5, 5.41) is 10.9. The molecule has 0 aromatic heterocycles. The Balaban J connectivity index is 0. The molecular weight excluding hydrogens is 419 g/mol. The summed E-state index contributed by atoms with van der Waals surface area (Å²) in [5.74, 6) is -2.59. The van der Waals surface area contributed by atoms with Crippen LogP contribution in [-0.2, 0) is 24.4 Å². The maximum absolute atomic E-state index is 12.2. The van der Waals surface area contributed by atoms with E-state index in [1.807, 2.05) is 0 Å². The fourth-order valence-electron chi connectivity index (χ4n) is 3.05. The first-order valence-corrected chi connectivity index (χ1v) is 12.3. The summed E-state index contributed by atoms with van der Waals surface area (Å²) in [6, 6.07) is 0. The van der Waals surface area contributed by atoms with Gasteiger partial charge in [0.15, 0.2) is 0 Å². The maximum Gasteiger partial charge on any atom is 1.00 e. The number of carboxylic acid groups (broad SMARTS) is 1. The van der Waals surface area contributed by atoms with Crippen molar-refractivity contribution in [1.82, 2.24) is 0 Å². The first kappa shape index (κ1) is 31.8. The molecule has 0 fully saturated rings. The van der Waals surface area contributed by atoms with Crippen LogP contribution in [0.1, 0.15) is 104 Å². The van der Waals surface area contributed by atoms with Crippen LogP contribution in [-0.4, -0.2) is 30.3 Å². The van der Waals surface area contributed by atoms with Crippen LogP contribution < -0.4 is 34.7 Å². The number of hydrogen-bond acceptors (Lipinski definition) is 6. The predicted octanol–water partition coefficient (Wildman–Crippen LogP) is 0.925. The normalized spacial score (nSPS) is 12.8. The molecule has 0 aliphatic carbocycles. The molecule has 30 heavy (non-hydrogen) atoms. The molecule has 7 nitrogen and oxygen atoms in total. The topological polar surface area (TPSA) is 121 Å². The first-order chi connectivity index (χ1) is 13.7. The van der Waals surface area contributed by atoms with E-state index in [9.17, 15) is 23.1 Å². The van der Waals surface area contributed by atoms with E-state index in [-0.39, 0.29) is 48.0 Å². The zero-order valence-corrected chi connectivity index (χ0v) is 21.7. The van der Waals surface area contributed by atoms with Gasteiger partial charge in [0.05, 0.1) is 5.97 Å². The van der Waals surface area contributed by atoms with Crippen LogP contribution in [0.25, 0.3) is 0 Å². The molecule has 0 rings (SSSR count). The smallest absolute Gasteiger partial charge is 0.545 e. The summed E-state index contributed by atoms with van der Waals surface area (Å²) >= 11 is 0. The van der Waals surface area contributed by atoms with Crippen LogP contribution in [0.5, 0.6) is 0 Å². The average Bonchev–Trinajstić information content (AvgIpc) is 2.63. The summed E-state index contributed by atoms with van der Waals surface area (Å²) in [4.78, 5) is 23.0. The molecule has 0 bridgehead atoms. The van der Waals surface area contributed by atoms with E-state index in [1.165, 1.54) is 44.9 Å². The first-order valence-electron chi connectivity index (χ1n) is 10.8. The second kappa shape index (κ2) is 19.3. The van der Waals surface area contributed by atoms with Crippen molar-refractivity contribution in [3.05, 3.63) is 11.6 Å². The Morgan fingerprint density at radius 1 is 0.900 bits per heavy atom. The average molecular weight is 457 g/mol. The minimum atomic E-state index is -4.56. The van der Waals surface area contributed by atoms with Crippen molar-refractivity contribution >= 4 is 22.1 Å².